The number of aryl methyl sites for hydroxylation is 2. The summed E-state index contributed by atoms with van der Waals surface area (Å²) < 4.78 is 0. The maximum Gasteiger partial charge on any atom is 0.0413 e. The summed E-state index contributed by atoms with van der Waals surface area (Å²) in [7, 11) is 0. The molecule has 3 aromatic rings. The highest BCUT2D eigenvalue weighted by molar-refractivity contribution is 5.99. The summed E-state index contributed by atoms with van der Waals surface area (Å²) in [5.41, 5.74) is 11.1. The topological polar surface area (TPSA) is 35.9 Å². The Hall–Kier alpha value is -3.39. The average molecular weight is 381 g/mol. The normalized spacial score (nSPS) is 10.5. The maximum atomic E-state index is 7.98. The number of nitrogens with one attached hydrogen (secondary N) is 2. The third-order valence-electron chi connectivity index (χ3n) is 5.13. The Bertz CT molecular complexity index is 1120. The Morgan fingerprint density at radius 1 is 0.828 bits per heavy atom. The van der Waals surface area contributed by atoms with Crippen LogP contribution in [0.1, 0.15) is 41.7 Å². The van der Waals surface area contributed by atoms with Crippen LogP contribution >= 0.6 is 0 Å². The quantitative estimate of drug-likeness (QED) is 0.427. The summed E-state index contributed by atoms with van der Waals surface area (Å²) in [6.07, 6.45) is 0. The van der Waals surface area contributed by atoms with Crippen molar-refractivity contribution in [2.75, 3.05) is 5.32 Å². The molecule has 0 unspecified atom stereocenters. The first-order chi connectivity index (χ1) is 13.8. The Morgan fingerprint density at radius 3 is 2.21 bits per heavy atom. The first-order valence-corrected chi connectivity index (χ1v) is 9.76. The molecule has 0 aliphatic heterocycles. The molecule has 3 aromatic carbocycles. The van der Waals surface area contributed by atoms with Gasteiger partial charge in [-0.1, -0.05) is 72.8 Å². The van der Waals surface area contributed by atoms with Gasteiger partial charge in [0.05, 0.1) is 0 Å². The molecule has 146 valence electrons. The highest BCUT2D eigenvalue weighted by atomic mass is 14.9. The van der Waals surface area contributed by atoms with Crippen LogP contribution in [-0.4, -0.2) is 5.71 Å². The van der Waals surface area contributed by atoms with Gasteiger partial charge in [0, 0.05) is 22.7 Å². The van der Waals surface area contributed by atoms with Crippen molar-refractivity contribution >= 4 is 22.7 Å². The fourth-order valence-corrected chi connectivity index (χ4v) is 3.45. The zero-order valence-electron chi connectivity index (χ0n) is 17.7. The lowest BCUT2D eigenvalue weighted by molar-refractivity contribution is 1.40. The molecule has 0 radical (unpaired) electrons. The van der Waals surface area contributed by atoms with Gasteiger partial charge in [0.15, 0.2) is 0 Å². The lowest BCUT2D eigenvalue weighted by atomic mass is 9.89. The molecule has 3 rings (SSSR count). The fourth-order valence-electron chi connectivity index (χ4n) is 3.45. The molecule has 0 amide bonds. The summed E-state index contributed by atoms with van der Waals surface area (Å²) in [4.78, 5) is 0. The molecule has 0 bridgehead atoms. The molecule has 0 aromatic heterocycles. The van der Waals surface area contributed by atoms with Gasteiger partial charge in [-0.2, -0.15) is 0 Å². The smallest absolute Gasteiger partial charge is 0.0413 e. The van der Waals surface area contributed by atoms with Crippen molar-refractivity contribution in [2.45, 2.75) is 27.7 Å². The minimum absolute atomic E-state index is 0.550. The third kappa shape index (κ3) is 4.38. The minimum Gasteiger partial charge on any atom is -0.355 e. The van der Waals surface area contributed by atoms with E-state index in [0.717, 1.165) is 44.8 Å². The van der Waals surface area contributed by atoms with Crippen molar-refractivity contribution in [3.05, 3.63) is 102 Å². The van der Waals surface area contributed by atoms with Crippen LogP contribution in [-0.2, 0) is 0 Å². The van der Waals surface area contributed by atoms with E-state index in [9.17, 15) is 0 Å². The molecule has 0 fully saturated rings. The zero-order chi connectivity index (χ0) is 21.1. The van der Waals surface area contributed by atoms with Crippen molar-refractivity contribution < 1.29 is 0 Å². The van der Waals surface area contributed by atoms with E-state index in [1.807, 2.05) is 32.0 Å². The second kappa shape index (κ2) is 8.32. The molecule has 29 heavy (non-hydrogen) atoms. The number of para-hydroxylation sites is 1. The number of hydrogen-bond donors (Lipinski definition) is 2. The summed E-state index contributed by atoms with van der Waals surface area (Å²) >= 11 is 0. The van der Waals surface area contributed by atoms with Gasteiger partial charge in [-0.05, 0) is 67.6 Å². The second-order valence-electron chi connectivity index (χ2n) is 7.63. The van der Waals surface area contributed by atoms with Crippen LogP contribution in [0.15, 0.2) is 73.8 Å². The molecule has 0 atom stereocenters. The lowest BCUT2D eigenvalue weighted by Crippen LogP contribution is -2.02. The highest BCUT2D eigenvalue weighted by Gasteiger charge is 2.14. The van der Waals surface area contributed by atoms with Crippen molar-refractivity contribution in [2.24, 2.45) is 0 Å². The first-order valence-electron chi connectivity index (χ1n) is 9.76. The van der Waals surface area contributed by atoms with Crippen LogP contribution in [0.4, 0.5) is 5.69 Å². The Kier molecular flexibility index (Phi) is 5.84. The maximum absolute atomic E-state index is 7.98. The Balaban J connectivity index is 2.13. The van der Waals surface area contributed by atoms with E-state index in [1.54, 1.807) is 0 Å². The molecule has 0 saturated heterocycles. The molecule has 2 N–H and O–H groups in total. The SMILES string of the molecule is C=C(C)c1cc(C(C)=N)ccc1-c1cc(C)ccc1C(=C)Nc1ccccc1C. The van der Waals surface area contributed by atoms with Crippen LogP contribution in [0.25, 0.3) is 22.4 Å². The molecule has 0 aliphatic carbocycles. The summed E-state index contributed by atoms with van der Waals surface area (Å²) in [5, 5.41) is 11.5. The largest absolute Gasteiger partial charge is 0.355 e. The van der Waals surface area contributed by atoms with Crippen LogP contribution in [0.2, 0.25) is 0 Å². The predicted octanol–water partition coefficient (Wildman–Crippen LogP) is 7.47. The monoisotopic (exact) mass is 380 g/mol. The number of rotatable bonds is 6. The van der Waals surface area contributed by atoms with Crippen LogP contribution in [0, 0.1) is 19.3 Å². The van der Waals surface area contributed by atoms with E-state index >= 15 is 0 Å². The Morgan fingerprint density at radius 2 is 1.55 bits per heavy atom. The summed E-state index contributed by atoms with van der Waals surface area (Å²) in [6.45, 7) is 16.5. The van der Waals surface area contributed by atoms with Gasteiger partial charge < -0.3 is 10.7 Å². The molecule has 2 nitrogen and oxygen atoms in total. The van der Waals surface area contributed by atoms with Gasteiger partial charge in [-0.15, -0.1) is 0 Å². The van der Waals surface area contributed by atoms with Gasteiger partial charge in [0.2, 0.25) is 0 Å². The fraction of sp³-hybridized carbons (Fsp3) is 0.148. The van der Waals surface area contributed by atoms with E-state index in [1.165, 1.54) is 11.1 Å². The van der Waals surface area contributed by atoms with Gasteiger partial charge in [-0.25, -0.2) is 0 Å². The van der Waals surface area contributed by atoms with Gasteiger partial charge in [0.1, 0.15) is 0 Å². The van der Waals surface area contributed by atoms with E-state index in [4.69, 9.17) is 5.41 Å². The van der Waals surface area contributed by atoms with E-state index in [0.29, 0.717) is 5.71 Å². The standard InChI is InChI=1S/C27H28N2/c1-17(2)25-16-22(20(5)28)12-14-24(25)26-15-18(3)11-13-23(26)21(6)29-27-10-8-7-9-19(27)4/h7-16,28-29H,1,6H2,2-5H3. The average Bonchev–Trinajstić information content (AvgIpc) is 2.69. The van der Waals surface area contributed by atoms with E-state index < -0.39 is 0 Å². The van der Waals surface area contributed by atoms with Crippen molar-refractivity contribution in [1.82, 2.24) is 0 Å². The van der Waals surface area contributed by atoms with Crippen LogP contribution in [0.5, 0.6) is 0 Å². The van der Waals surface area contributed by atoms with Crippen molar-refractivity contribution in [3.8, 4) is 11.1 Å². The van der Waals surface area contributed by atoms with E-state index in [-0.39, 0.29) is 0 Å². The first kappa shape index (κ1) is 20.3. The van der Waals surface area contributed by atoms with E-state index in [2.05, 4.69) is 74.8 Å². The molecule has 0 spiro atoms. The second-order valence-corrected chi connectivity index (χ2v) is 7.63. The number of hydrogen-bond acceptors (Lipinski definition) is 2. The van der Waals surface area contributed by atoms with Gasteiger partial charge in [-0.3, -0.25) is 0 Å². The lowest BCUT2D eigenvalue weighted by Gasteiger charge is -2.19. The molecular weight excluding hydrogens is 352 g/mol. The molecule has 0 saturated carbocycles. The van der Waals surface area contributed by atoms with Crippen molar-refractivity contribution in [1.29, 1.82) is 5.41 Å². The third-order valence-corrected chi connectivity index (χ3v) is 5.13. The summed E-state index contributed by atoms with van der Waals surface area (Å²) in [6, 6.07) is 20.8. The Labute approximate surface area is 174 Å². The molecule has 2 heteroatoms. The zero-order valence-corrected chi connectivity index (χ0v) is 17.7. The van der Waals surface area contributed by atoms with Gasteiger partial charge >= 0.3 is 0 Å². The van der Waals surface area contributed by atoms with Gasteiger partial charge in [0.25, 0.3) is 0 Å². The molecular formula is C27H28N2. The van der Waals surface area contributed by atoms with Crippen molar-refractivity contribution in [3.63, 3.8) is 0 Å². The van der Waals surface area contributed by atoms with Crippen LogP contribution in [0.3, 0.4) is 0 Å². The number of anilines is 1. The molecule has 0 heterocycles. The van der Waals surface area contributed by atoms with Crippen LogP contribution < -0.4 is 5.32 Å². The summed E-state index contributed by atoms with van der Waals surface area (Å²) in [5.74, 6) is 0. The minimum atomic E-state index is 0.550. The predicted molar refractivity (Wildman–Crippen MR) is 128 cm³/mol. The molecule has 0 aliphatic rings. The number of allylic oxidation sites excluding steroid dienone is 1. The highest BCUT2D eigenvalue weighted by Crippen LogP contribution is 2.35. The number of benzene rings is 3.